The number of halogens is 2. The Bertz CT molecular complexity index is 978. The van der Waals surface area contributed by atoms with E-state index in [2.05, 4.69) is 9.97 Å². The van der Waals surface area contributed by atoms with Crippen molar-refractivity contribution in [2.45, 2.75) is 6.04 Å². The third-order valence-electron chi connectivity index (χ3n) is 4.33. The molecule has 1 aliphatic heterocycles. The van der Waals surface area contributed by atoms with Gasteiger partial charge in [0.25, 0.3) is 0 Å². The highest BCUT2D eigenvalue weighted by molar-refractivity contribution is 6.45. The average Bonchev–Trinajstić information content (AvgIpc) is 3.18. The van der Waals surface area contributed by atoms with Gasteiger partial charge in [0, 0.05) is 30.4 Å². The topological polar surface area (TPSA) is 80.5 Å². The van der Waals surface area contributed by atoms with Gasteiger partial charge in [-0.05, 0) is 12.1 Å². The molecule has 3 heterocycles. The lowest BCUT2D eigenvalue weighted by molar-refractivity contribution is -0.141. The third-order valence-corrected chi connectivity index (χ3v) is 5.12. The molecule has 1 N–H and O–H groups in total. The van der Waals surface area contributed by atoms with Crippen LogP contribution in [0.4, 0.5) is 5.82 Å². The van der Waals surface area contributed by atoms with E-state index in [-0.39, 0.29) is 6.61 Å². The van der Waals surface area contributed by atoms with Crippen LogP contribution in [0.3, 0.4) is 0 Å². The van der Waals surface area contributed by atoms with Crippen LogP contribution in [0, 0.1) is 0 Å². The van der Waals surface area contributed by atoms with Gasteiger partial charge in [-0.1, -0.05) is 23.2 Å². The maximum absolute atomic E-state index is 11.6. The van der Waals surface area contributed by atoms with E-state index in [0.717, 1.165) is 11.1 Å². The Morgan fingerprint density at radius 3 is 2.92 bits per heavy atom. The summed E-state index contributed by atoms with van der Waals surface area (Å²) in [6, 6.07) is 4.56. The number of carboxylic acids is 1. The average molecular weight is 393 g/mol. The van der Waals surface area contributed by atoms with Crippen molar-refractivity contribution >= 4 is 45.9 Å². The van der Waals surface area contributed by atoms with Crippen LogP contribution in [-0.4, -0.2) is 51.4 Å². The molecule has 26 heavy (non-hydrogen) atoms. The second kappa shape index (κ2) is 6.75. The number of imidazole rings is 1. The lowest BCUT2D eigenvalue weighted by atomic mass is 10.1. The minimum Gasteiger partial charge on any atom is -0.480 e. The number of anilines is 1. The van der Waals surface area contributed by atoms with E-state index in [9.17, 15) is 9.90 Å². The molecule has 134 valence electrons. The zero-order chi connectivity index (χ0) is 18.3. The number of carboxylic acid groups (broad SMARTS) is 1. The molecular formula is C17H14Cl2N4O3. The van der Waals surface area contributed by atoms with Gasteiger partial charge < -0.3 is 19.3 Å². The molecular weight excluding hydrogens is 379 g/mol. The molecule has 9 heteroatoms. The lowest BCUT2D eigenvalue weighted by Gasteiger charge is -2.34. The number of rotatable bonds is 3. The third kappa shape index (κ3) is 2.88. The summed E-state index contributed by atoms with van der Waals surface area (Å²) in [5.41, 5.74) is 1.30. The Hall–Kier alpha value is -2.35. The first-order valence-electron chi connectivity index (χ1n) is 7.90. The summed E-state index contributed by atoms with van der Waals surface area (Å²) in [5, 5.41) is 11.0. The van der Waals surface area contributed by atoms with Crippen LogP contribution in [0.15, 0.2) is 36.9 Å². The van der Waals surface area contributed by atoms with Gasteiger partial charge in [-0.3, -0.25) is 0 Å². The second-order valence-electron chi connectivity index (χ2n) is 5.85. The molecule has 3 aromatic rings. The number of hydrogen-bond acceptors (Lipinski definition) is 5. The largest absolute Gasteiger partial charge is 0.480 e. The summed E-state index contributed by atoms with van der Waals surface area (Å²) in [6.45, 7) is 0.933. The number of nitrogens with zero attached hydrogens (tertiary/aromatic N) is 4. The number of carbonyl (C=O) groups is 1. The Morgan fingerprint density at radius 1 is 1.35 bits per heavy atom. The van der Waals surface area contributed by atoms with Gasteiger partial charge in [0.05, 0.1) is 40.8 Å². The van der Waals surface area contributed by atoms with Crippen molar-refractivity contribution in [1.82, 2.24) is 14.5 Å². The van der Waals surface area contributed by atoms with E-state index in [1.165, 1.54) is 0 Å². The number of benzene rings is 1. The van der Waals surface area contributed by atoms with Crippen LogP contribution < -0.4 is 4.90 Å². The molecule has 1 saturated heterocycles. The zero-order valence-electron chi connectivity index (χ0n) is 13.5. The molecule has 1 unspecified atom stereocenters. The number of pyridine rings is 1. The van der Waals surface area contributed by atoms with Gasteiger partial charge in [0.1, 0.15) is 5.82 Å². The standard InChI is InChI=1S/C17H14Cl2N4O3/c18-11-2-1-10-12(22-4-3-20-9-22)7-14(21-16(10)15(11)19)23-5-6-26-8-13(23)17(24)25/h1-4,7,9,13H,5-6,8H2,(H,24,25). The molecule has 4 rings (SSSR count). The van der Waals surface area contributed by atoms with Crippen LogP contribution in [0.1, 0.15) is 0 Å². The summed E-state index contributed by atoms with van der Waals surface area (Å²) < 4.78 is 7.14. The van der Waals surface area contributed by atoms with Gasteiger partial charge in [-0.25, -0.2) is 14.8 Å². The number of ether oxygens (including phenoxy) is 1. The van der Waals surface area contributed by atoms with Gasteiger partial charge >= 0.3 is 5.97 Å². The van der Waals surface area contributed by atoms with Gasteiger partial charge in [-0.15, -0.1) is 0 Å². The fourth-order valence-corrected chi connectivity index (χ4v) is 3.41. The van der Waals surface area contributed by atoms with Crippen molar-refractivity contribution in [1.29, 1.82) is 0 Å². The molecule has 0 bridgehead atoms. The van der Waals surface area contributed by atoms with E-state index >= 15 is 0 Å². The molecule has 2 aromatic heterocycles. The summed E-state index contributed by atoms with van der Waals surface area (Å²) in [5.74, 6) is -0.464. The highest BCUT2D eigenvalue weighted by atomic mass is 35.5. The monoisotopic (exact) mass is 392 g/mol. The van der Waals surface area contributed by atoms with E-state index in [1.54, 1.807) is 29.7 Å². The Morgan fingerprint density at radius 2 is 2.19 bits per heavy atom. The number of hydrogen-bond donors (Lipinski definition) is 1. The molecule has 1 aromatic carbocycles. The fraction of sp³-hybridized carbons (Fsp3) is 0.235. The molecule has 1 atom stereocenters. The quantitative estimate of drug-likeness (QED) is 0.737. The normalized spacial score (nSPS) is 17.6. The second-order valence-corrected chi connectivity index (χ2v) is 6.63. The van der Waals surface area contributed by atoms with Crippen molar-refractivity contribution < 1.29 is 14.6 Å². The van der Waals surface area contributed by atoms with Crippen LogP contribution in [-0.2, 0) is 9.53 Å². The van der Waals surface area contributed by atoms with E-state index < -0.39 is 12.0 Å². The first kappa shape index (κ1) is 17.1. The van der Waals surface area contributed by atoms with E-state index in [4.69, 9.17) is 27.9 Å². The van der Waals surface area contributed by atoms with E-state index in [0.29, 0.717) is 34.5 Å². The highest BCUT2D eigenvalue weighted by Crippen LogP contribution is 2.35. The minimum atomic E-state index is -0.965. The zero-order valence-corrected chi connectivity index (χ0v) is 15.0. The molecule has 7 nitrogen and oxygen atoms in total. The first-order chi connectivity index (χ1) is 12.6. The van der Waals surface area contributed by atoms with E-state index in [1.807, 2.05) is 16.7 Å². The number of aromatic nitrogens is 3. The van der Waals surface area contributed by atoms with Gasteiger partial charge in [-0.2, -0.15) is 0 Å². The smallest absolute Gasteiger partial charge is 0.328 e. The van der Waals surface area contributed by atoms with Crippen molar-refractivity contribution in [3.63, 3.8) is 0 Å². The van der Waals surface area contributed by atoms with Gasteiger partial charge in [0.15, 0.2) is 6.04 Å². The number of fused-ring (bicyclic) bond motifs is 1. The molecule has 1 aliphatic rings. The predicted octanol–water partition coefficient (Wildman–Crippen LogP) is 3.02. The molecule has 1 fully saturated rings. The van der Waals surface area contributed by atoms with Crippen molar-refractivity contribution in [3.8, 4) is 5.69 Å². The van der Waals surface area contributed by atoms with Crippen LogP contribution in [0.2, 0.25) is 10.0 Å². The summed E-state index contributed by atoms with van der Waals surface area (Å²) in [4.78, 5) is 22.0. The van der Waals surface area contributed by atoms with Crippen LogP contribution in [0.5, 0.6) is 0 Å². The molecule has 0 spiro atoms. The summed E-state index contributed by atoms with van der Waals surface area (Å²) in [7, 11) is 0. The first-order valence-corrected chi connectivity index (χ1v) is 8.66. The fourth-order valence-electron chi connectivity index (χ4n) is 3.05. The molecule has 0 aliphatic carbocycles. The Kier molecular flexibility index (Phi) is 4.44. The van der Waals surface area contributed by atoms with Crippen LogP contribution in [0.25, 0.3) is 16.6 Å². The molecule has 0 saturated carbocycles. The predicted molar refractivity (Wildman–Crippen MR) is 98.5 cm³/mol. The van der Waals surface area contributed by atoms with Gasteiger partial charge in [0.2, 0.25) is 0 Å². The van der Waals surface area contributed by atoms with Crippen LogP contribution >= 0.6 is 23.2 Å². The lowest BCUT2D eigenvalue weighted by Crippen LogP contribution is -2.50. The Balaban J connectivity index is 1.95. The number of aliphatic carboxylic acids is 1. The van der Waals surface area contributed by atoms with Crippen molar-refractivity contribution in [3.05, 3.63) is 47.0 Å². The molecule has 0 amide bonds. The Labute approximate surface area is 158 Å². The summed E-state index contributed by atoms with van der Waals surface area (Å²) in [6.07, 6.45) is 5.13. The number of morpholine rings is 1. The maximum Gasteiger partial charge on any atom is 0.328 e. The maximum atomic E-state index is 11.6. The SMILES string of the molecule is O=C(O)C1COCCN1c1cc(-n2ccnc2)c2ccc(Cl)c(Cl)c2n1. The summed E-state index contributed by atoms with van der Waals surface area (Å²) >= 11 is 12.6. The molecule has 0 radical (unpaired) electrons. The highest BCUT2D eigenvalue weighted by Gasteiger charge is 2.31. The van der Waals surface area contributed by atoms with Crippen molar-refractivity contribution in [2.75, 3.05) is 24.7 Å². The minimum absolute atomic E-state index is 0.0960. The van der Waals surface area contributed by atoms with Crippen molar-refractivity contribution in [2.24, 2.45) is 0 Å².